The molecule has 16 heavy (non-hydrogen) atoms. The van der Waals surface area contributed by atoms with E-state index in [1.807, 2.05) is 0 Å². The highest BCUT2D eigenvalue weighted by Gasteiger charge is 2.37. The Kier molecular flexibility index (Phi) is 3.41. The van der Waals surface area contributed by atoms with Crippen molar-refractivity contribution < 1.29 is 22.7 Å². The number of H-pyrrole nitrogens is 1. The quantitative estimate of drug-likeness (QED) is 0.806. The average molecular weight is 300 g/mol. The Labute approximate surface area is 95.5 Å². The fraction of sp³-hybridized carbons (Fsp3) is 0.250. The summed E-state index contributed by atoms with van der Waals surface area (Å²) in [5.74, 6) is -1.25. The molecule has 0 radical (unpaired) electrons. The van der Waals surface area contributed by atoms with Gasteiger partial charge in [-0.05, 0) is 22.0 Å². The van der Waals surface area contributed by atoms with Crippen LogP contribution in [0.25, 0.3) is 0 Å². The predicted molar refractivity (Wildman–Crippen MR) is 51.1 cm³/mol. The molecule has 0 aromatic carbocycles. The number of nitrogens with one attached hydrogen (secondary N) is 1. The lowest BCUT2D eigenvalue weighted by atomic mass is 10.2. The standard InChI is InChI=1S/C8H5BrF3NO3/c1-16-7(15)5-3(8(10,11)12)2-4(9)6(14)13-5/h2H,1H3,(H,13,14). The number of halogens is 4. The first-order chi connectivity index (χ1) is 7.27. The van der Waals surface area contributed by atoms with Crippen molar-refractivity contribution in [1.82, 2.24) is 4.98 Å². The normalized spacial score (nSPS) is 11.3. The van der Waals surface area contributed by atoms with Gasteiger partial charge in [-0.2, -0.15) is 13.2 Å². The third-order valence-electron chi connectivity index (χ3n) is 1.69. The predicted octanol–water partition coefficient (Wildman–Crippen LogP) is 1.94. The van der Waals surface area contributed by atoms with Crippen molar-refractivity contribution in [3.8, 4) is 0 Å². The molecule has 0 aliphatic rings. The highest BCUT2D eigenvalue weighted by molar-refractivity contribution is 9.10. The monoisotopic (exact) mass is 299 g/mol. The number of methoxy groups -OCH3 is 1. The van der Waals surface area contributed by atoms with Crippen LogP contribution in [0.3, 0.4) is 0 Å². The van der Waals surface area contributed by atoms with E-state index in [0.717, 1.165) is 7.11 Å². The van der Waals surface area contributed by atoms with Crippen LogP contribution >= 0.6 is 15.9 Å². The molecule has 1 rings (SSSR count). The molecule has 1 N–H and O–H groups in total. The Hall–Kier alpha value is -1.31. The van der Waals surface area contributed by atoms with E-state index >= 15 is 0 Å². The number of aromatic nitrogens is 1. The maximum atomic E-state index is 12.5. The first-order valence-corrected chi connectivity index (χ1v) is 4.65. The van der Waals surface area contributed by atoms with Crippen LogP contribution in [0, 0.1) is 0 Å². The Morgan fingerprint density at radius 1 is 1.50 bits per heavy atom. The van der Waals surface area contributed by atoms with Crippen molar-refractivity contribution in [3.63, 3.8) is 0 Å². The zero-order chi connectivity index (χ0) is 12.5. The van der Waals surface area contributed by atoms with Gasteiger partial charge in [0.1, 0.15) is 5.69 Å². The SMILES string of the molecule is COC(=O)c1[nH]c(=O)c(Br)cc1C(F)(F)F. The molecule has 0 bridgehead atoms. The number of hydrogen-bond acceptors (Lipinski definition) is 3. The van der Waals surface area contributed by atoms with E-state index in [2.05, 4.69) is 20.7 Å². The fourth-order valence-corrected chi connectivity index (χ4v) is 1.32. The van der Waals surface area contributed by atoms with Crippen LogP contribution in [0.4, 0.5) is 13.2 Å². The summed E-state index contributed by atoms with van der Waals surface area (Å²) in [5, 5.41) is 0. The van der Waals surface area contributed by atoms with Gasteiger partial charge in [0.05, 0.1) is 17.1 Å². The molecule has 0 saturated heterocycles. The average Bonchev–Trinajstić information content (AvgIpc) is 2.18. The molecule has 8 heteroatoms. The molecule has 0 aliphatic carbocycles. The number of aromatic amines is 1. The van der Waals surface area contributed by atoms with E-state index in [-0.39, 0.29) is 4.47 Å². The lowest BCUT2D eigenvalue weighted by Gasteiger charge is -2.10. The van der Waals surface area contributed by atoms with Crippen molar-refractivity contribution in [2.24, 2.45) is 0 Å². The number of esters is 1. The number of alkyl halides is 3. The highest BCUT2D eigenvalue weighted by atomic mass is 79.9. The second kappa shape index (κ2) is 4.28. The summed E-state index contributed by atoms with van der Waals surface area (Å²) >= 11 is 2.65. The maximum Gasteiger partial charge on any atom is 0.418 e. The summed E-state index contributed by atoms with van der Waals surface area (Å²) in [6.07, 6.45) is -4.75. The summed E-state index contributed by atoms with van der Waals surface area (Å²) in [7, 11) is 0.919. The lowest BCUT2D eigenvalue weighted by molar-refractivity contribution is -0.138. The first-order valence-electron chi connectivity index (χ1n) is 3.85. The second-order valence-corrected chi connectivity index (χ2v) is 3.58. The third kappa shape index (κ3) is 2.43. The minimum absolute atomic E-state index is 0.313. The second-order valence-electron chi connectivity index (χ2n) is 2.72. The van der Waals surface area contributed by atoms with Crippen LogP contribution in [-0.4, -0.2) is 18.1 Å². The third-order valence-corrected chi connectivity index (χ3v) is 2.28. The van der Waals surface area contributed by atoms with E-state index < -0.39 is 29.0 Å². The molecule has 0 aliphatic heterocycles. The van der Waals surface area contributed by atoms with E-state index in [9.17, 15) is 22.8 Å². The molecule has 4 nitrogen and oxygen atoms in total. The number of rotatable bonds is 1. The molecular formula is C8H5BrF3NO3. The van der Waals surface area contributed by atoms with E-state index in [1.54, 1.807) is 4.98 Å². The number of pyridine rings is 1. The zero-order valence-corrected chi connectivity index (χ0v) is 9.40. The van der Waals surface area contributed by atoms with Crippen molar-refractivity contribution in [1.29, 1.82) is 0 Å². The Balaban J connectivity index is 3.52. The van der Waals surface area contributed by atoms with Gasteiger partial charge in [-0.15, -0.1) is 0 Å². The number of hydrogen-bond donors (Lipinski definition) is 1. The number of ether oxygens (including phenoxy) is 1. The first kappa shape index (κ1) is 12.8. The highest BCUT2D eigenvalue weighted by Crippen LogP contribution is 2.32. The molecule has 0 spiro atoms. The van der Waals surface area contributed by atoms with Gasteiger partial charge in [0.15, 0.2) is 0 Å². The van der Waals surface area contributed by atoms with E-state index in [1.165, 1.54) is 0 Å². The van der Waals surface area contributed by atoms with Crippen LogP contribution in [0.15, 0.2) is 15.3 Å². The van der Waals surface area contributed by atoms with Crippen LogP contribution in [0.2, 0.25) is 0 Å². The van der Waals surface area contributed by atoms with Crippen LogP contribution in [0.5, 0.6) is 0 Å². The minimum atomic E-state index is -4.75. The van der Waals surface area contributed by atoms with Crippen molar-refractivity contribution in [2.45, 2.75) is 6.18 Å². The number of carbonyl (C=O) groups is 1. The van der Waals surface area contributed by atoms with Gasteiger partial charge in [0.2, 0.25) is 0 Å². The van der Waals surface area contributed by atoms with Gasteiger partial charge in [0.25, 0.3) is 5.56 Å². The van der Waals surface area contributed by atoms with Gasteiger partial charge >= 0.3 is 12.1 Å². The molecule has 88 valence electrons. The summed E-state index contributed by atoms with van der Waals surface area (Å²) in [6.45, 7) is 0. The van der Waals surface area contributed by atoms with E-state index in [0.29, 0.717) is 6.07 Å². The Morgan fingerprint density at radius 2 is 2.06 bits per heavy atom. The molecule has 1 aromatic rings. The van der Waals surface area contributed by atoms with Crippen molar-refractivity contribution in [2.75, 3.05) is 7.11 Å². The summed E-state index contributed by atoms with van der Waals surface area (Å²) in [6, 6.07) is 0.533. The fourth-order valence-electron chi connectivity index (χ4n) is 0.992. The molecule has 1 heterocycles. The maximum absolute atomic E-state index is 12.5. The molecule has 0 unspecified atom stereocenters. The molecular weight excluding hydrogens is 295 g/mol. The molecule has 0 amide bonds. The van der Waals surface area contributed by atoms with Crippen LogP contribution < -0.4 is 5.56 Å². The smallest absolute Gasteiger partial charge is 0.418 e. The van der Waals surface area contributed by atoms with Crippen LogP contribution in [0.1, 0.15) is 16.1 Å². The molecule has 1 aromatic heterocycles. The van der Waals surface area contributed by atoms with Crippen molar-refractivity contribution >= 4 is 21.9 Å². The van der Waals surface area contributed by atoms with Crippen LogP contribution in [-0.2, 0) is 10.9 Å². The Bertz CT molecular complexity index is 480. The summed E-state index contributed by atoms with van der Waals surface area (Å²) in [5.41, 5.74) is -3.01. The molecule has 0 fully saturated rings. The minimum Gasteiger partial charge on any atom is -0.464 e. The number of carbonyl (C=O) groups excluding carboxylic acids is 1. The van der Waals surface area contributed by atoms with E-state index in [4.69, 9.17) is 0 Å². The van der Waals surface area contributed by atoms with Gasteiger partial charge in [-0.3, -0.25) is 4.79 Å². The largest absolute Gasteiger partial charge is 0.464 e. The topological polar surface area (TPSA) is 59.2 Å². The summed E-state index contributed by atoms with van der Waals surface area (Å²) in [4.78, 5) is 23.9. The molecule has 0 atom stereocenters. The summed E-state index contributed by atoms with van der Waals surface area (Å²) < 4.78 is 41.3. The van der Waals surface area contributed by atoms with Gasteiger partial charge in [0, 0.05) is 0 Å². The van der Waals surface area contributed by atoms with Gasteiger partial charge < -0.3 is 9.72 Å². The zero-order valence-electron chi connectivity index (χ0n) is 7.81. The lowest BCUT2D eigenvalue weighted by Crippen LogP contribution is -2.22. The molecule has 0 saturated carbocycles. The Morgan fingerprint density at radius 3 is 2.50 bits per heavy atom. The van der Waals surface area contributed by atoms with Crippen molar-refractivity contribution in [3.05, 3.63) is 32.2 Å². The van der Waals surface area contributed by atoms with Gasteiger partial charge in [-0.1, -0.05) is 0 Å². The van der Waals surface area contributed by atoms with Gasteiger partial charge in [-0.25, -0.2) is 4.79 Å².